The maximum Gasteiger partial charge on any atom is 0.116 e. The van der Waals surface area contributed by atoms with Crippen molar-refractivity contribution >= 4 is 17.7 Å². The number of aromatic hydroxyl groups is 1. The van der Waals surface area contributed by atoms with Crippen LogP contribution >= 0.6 is 11.6 Å². The van der Waals surface area contributed by atoms with Crippen LogP contribution < -0.4 is 0 Å². The predicted molar refractivity (Wildman–Crippen MR) is 52.5 cm³/mol. The van der Waals surface area contributed by atoms with Crippen LogP contribution in [-0.4, -0.2) is 11.0 Å². The Bertz CT molecular complexity index is 268. The van der Waals surface area contributed by atoms with E-state index in [4.69, 9.17) is 16.7 Å². The van der Waals surface area contributed by atoms with Crippen LogP contribution in [0.2, 0.25) is 0 Å². The van der Waals surface area contributed by atoms with Crippen LogP contribution in [0.15, 0.2) is 30.3 Å². The zero-order valence-corrected chi connectivity index (χ0v) is 7.46. The van der Waals surface area contributed by atoms with E-state index < -0.39 is 0 Å². The maximum atomic E-state index is 9.11. The molecule has 1 aromatic carbocycles. The van der Waals surface area contributed by atoms with Crippen LogP contribution in [-0.2, 0) is 0 Å². The molecule has 1 nitrogen and oxygen atoms in total. The lowest BCUT2D eigenvalue weighted by Gasteiger charge is -1.93. The highest BCUT2D eigenvalue weighted by molar-refractivity contribution is 6.17. The quantitative estimate of drug-likeness (QED) is 0.713. The van der Waals surface area contributed by atoms with Gasteiger partial charge in [0.2, 0.25) is 0 Å². The van der Waals surface area contributed by atoms with E-state index in [-0.39, 0.29) is 0 Å². The number of phenolic OH excluding ortho intramolecular Hbond substituents is 1. The first-order valence-corrected chi connectivity index (χ1v) is 4.38. The fraction of sp³-hybridized carbons (Fsp3) is 0.200. The zero-order chi connectivity index (χ0) is 8.81. The van der Waals surface area contributed by atoms with Crippen molar-refractivity contribution in [3.63, 3.8) is 0 Å². The molecule has 0 aliphatic heterocycles. The number of hydrogen-bond acceptors (Lipinski definition) is 1. The van der Waals surface area contributed by atoms with Gasteiger partial charge in [-0.05, 0) is 24.1 Å². The number of phenols is 1. The number of alkyl halides is 1. The molecular weight excluding hydrogens is 172 g/mol. The fourth-order valence-electron chi connectivity index (χ4n) is 0.911. The van der Waals surface area contributed by atoms with Crippen LogP contribution in [0, 0.1) is 0 Å². The minimum absolute atomic E-state index is 0.294. The van der Waals surface area contributed by atoms with Gasteiger partial charge < -0.3 is 5.11 Å². The number of benzene rings is 1. The van der Waals surface area contributed by atoms with Gasteiger partial charge in [-0.15, -0.1) is 11.6 Å². The Morgan fingerprint density at radius 1 is 1.42 bits per heavy atom. The molecule has 0 fully saturated rings. The Kier molecular flexibility index (Phi) is 3.68. The first-order chi connectivity index (χ1) is 5.83. The van der Waals surface area contributed by atoms with E-state index >= 15 is 0 Å². The van der Waals surface area contributed by atoms with E-state index in [1.165, 1.54) is 0 Å². The third-order valence-corrected chi connectivity index (χ3v) is 1.67. The molecule has 0 radical (unpaired) electrons. The first kappa shape index (κ1) is 9.14. The molecule has 1 N–H and O–H groups in total. The monoisotopic (exact) mass is 182 g/mol. The third-order valence-electron chi connectivity index (χ3n) is 1.46. The second kappa shape index (κ2) is 4.83. The van der Waals surface area contributed by atoms with E-state index in [1.807, 2.05) is 24.3 Å². The molecule has 1 aromatic rings. The van der Waals surface area contributed by atoms with Crippen molar-refractivity contribution in [2.24, 2.45) is 0 Å². The Morgan fingerprint density at radius 2 is 2.25 bits per heavy atom. The largest absolute Gasteiger partial charge is 0.508 e. The van der Waals surface area contributed by atoms with Gasteiger partial charge in [-0.3, -0.25) is 0 Å². The summed E-state index contributed by atoms with van der Waals surface area (Å²) in [5, 5.41) is 9.11. The molecule has 0 heterocycles. The highest BCUT2D eigenvalue weighted by atomic mass is 35.5. The van der Waals surface area contributed by atoms with Crippen LogP contribution in [0.1, 0.15) is 12.0 Å². The molecule has 1 rings (SSSR count). The Hall–Kier alpha value is -0.950. The Labute approximate surface area is 77.3 Å². The number of halogens is 1. The molecule has 0 unspecified atom stereocenters. The maximum absolute atomic E-state index is 9.11. The lowest BCUT2D eigenvalue weighted by atomic mass is 10.2. The molecular formula is C10H11ClO. The standard InChI is InChI=1S/C10H11ClO/c11-7-2-1-4-9-5-3-6-10(12)8-9/h1,3-6,8,12H,2,7H2. The normalized spacial score (nSPS) is 10.8. The summed E-state index contributed by atoms with van der Waals surface area (Å²) in [6.45, 7) is 0. The topological polar surface area (TPSA) is 20.2 Å². The van der Waals surface area contributed by atoms with Gasteiger partial charge >= 0.3 is 0 Å². The predicted octanol–water partition coefficient (Wildman–Crippen LogP) is 3.03. The second-order valence-electron chi connectivity index (χ2n) is 2.48. The van der Waals surface area contributed by atoms with E-state index in [0.717, 1.165) is 12.0 Å². The van der Waals surface area contributed by atoms with Crippen molar-refractivity contribution in [2.75, 3.05) is 5.88 Å². The average Bonchev–Trinajstić information content (AvgIpc) is 2.05. The van der Waals surface area contributed by atoms with Crippen LogP contribution in [0.4, 0.5) is 0 Å². The molecule has 0 amide bonds. The summed E-state index contributed by atoms with van der Waals surface area (Å²) in [6, 6.07) is 7.11. The summed E-state index contributed by atoms with van der Waals surface area (Å²) >= 11 is 5.50. The van der Waals surface area contributed by atoms with Gasteiger partial charge in [0, 0.05) is 5.88 Å². The first-order valence-electron chi connectivity index (χ1n) is 3.84. The summed E-state index contributed by atoms with van der Waals surface area (Å²) in [7, 11) is 0. The molecule has 0 aliphatic rings. The second-order valence-corrected chi connectivity index (χ2v) is 2.85. The van der Waals surface area contributed by atoms with E-state index in [1.54, 1.807) is 12.1 Å². The lowest BCUT2D eigenvalue weighted by molar-refractivity contribution is 0.475. The Balaban J connectivity index is 2.63. The average molecular weight is 183 g/mol. The highest BCUT2D eigenvalue weighted by Gasteiger charge is 1.87. The van der Waals surface area contributed by atoms with Crippen molar-refractivity contribution in [1.29, 1.82) is 0 Å². The van der Waals surface area contributed by atoms with Crippen LogP contribution in [0.3, 0.4) is 0 Å². The highest BCUT2D eigenvalue weighted by Crippen LogP contribution is 2.12. The van der Waals surface area contributed by atoms with E-state index in [0.29, 0.717) is 11.6 Å². The smallest absolute Gasteiger partial charge is 0.116 e. The van der Waals surface area contributed by atoms with Crippen LogP contribution in [0.25, 0.3) is 6.08 Å². The van der Waals surface area contributed by atoms with Gasteiger partial charge in [0.15, 0.2) is 0 Å². The lowest BCUT2D eigenvalue weighted by Crippen LogP contribution is -1.71. The number of allylic oxidation sites excluding steroid dienone is 1. The molecule has 0 atom stereocenters. The molecule has 12 heavy (non-hydrogen) atoms. The number of rotatable bonds is 3. The molecule has 0 aliphatic carbocycles. The SMILES string of the molecule is Oc1cccc(C=CCCCl)c1. The number of hydrogen-bond donors (Lipinski definition) is 1. The third kappa shape index (κ3) is 2.97. The van der Waals surface area contributed by atoms with Gasteiger partial charge in [0.25, 0.3) is 0 Å². The summed E-state index contributed by atoms with van der Waals surface area (Å²) in [5.41, 5.74) is 1.00. The van der Waals surface area contributed by atoms with Crippen molar-refractivity contribution in [3.05, 3.63) is 35.9 Å². The Morgan fingerprint density at radius 3 is 2.92 bits per heavy atom. The van der Waals surface area contributed by atoms with Crippen molar-refractivity contribution in [1.82, 2.24) is 0 Å². The molecule has 0 saturated heterocycles. The summed E-state index contributed by atoms with van der Waals surface area (Å²) in [5.74, 6) is 0.929. The minimum Gasteiger partial charge on any atom is -0.508 e. The summed E-state index contributed by atoms with van der Waals surface area (Å²) < 4.78 is 0. The van der Waals surface area contributed by atoms with Gasteiger partial charge in [0.05, 0.1) is 0 Å². The molecule has 0 spiro atoms. The molecule has 64 valence electrons. The summed E-state index contributed by atoms with van der Waals surface area (Å²) in [4.78, 5) is 0. The van der Waals surface area contributed by atoms with Crippen molar-refractivity contribution in [2.45, 2.75) is 6.42 Å². The fourth-order valence-corrected chi connectivity index (χ4v) is 1.04. The van der Waals surface area contributed by atoms with Gasteiger partial charge in [-0.1, -0.05) is 24.3 Å². The van der Waals surface area contributed by atoms with Crippen LogP contribution in [0.5, 0.6) is 5.75 Å². The minimum atomic E-state index is 0.294. The van der Waals surface area contributed by atoms with E-state index in [2.05, 4.69) is 0 Å². The van der Waals surface area contributed by atoms with Gasteiger partial charge in [-0.2, -0.15) is 0 Å². The molecule has 0 aromatic heterocycles. The van der Waals surface area contributed by atoms with Gasteiger partial charge in [0.1, 0.15) is 5.75 Å². The van der Waals surface area contributed by atoms with E-state index in [9.17, 15) is 0 Å². The zero-order valence-electron chi connectivity index (χ0n) is 6.70. The molecule has 0 saturated carbocycles. The summed E-state index contributed by atoms with van der Waals surface area (Å²) in [6.07, 6.45) is 4.79. The van der Waals surface area contributed by atoms with Crippen molar-refractivity contribution in [3.8, 4) is 5.75 Å². The molecule has 2 heteroatoms. The van der Waals surface area contributed by atoms with Crippen molar-refractivity contribution < 1.29 is 5.11 Å². The molecule has 0 bridgehead atoms. The van der Waals surface area contributed by atoms with Gasteiger partial charge in [-0.25, -0.2) is 0 Å².